The minimum Gasteiger partial charge on any atom is -0.342 e. The first-order chi connectivity index (χ1) is 9.74. The van der Waals surface area contributed by atoms with E-state index in [1.54, 1.807) is 0 Å². The summed E-state index contributed by atoms with van der Waals surface area (Å²) in [6.45, 7) is 8.60. The first-order valence-electron chi connectivity index (χ1n) is 8.47. The van der Waals surface area contributed by atoms with Crippen LogP contribution in [0.4, 0.5) is 0 Å². The molecule has 0 aromatic rings. The lowest BCUT2D eigenvalue weighted by atomic mass is 9.93. The van der Waals surface area contributed by atoms with Gasteiger partial charge < -0.3 is 15.1 Å². The van der Waals surface area contributed by atoms with Crippen LogP contribution in [-0.4, -0.2) is 61.0 Å². The number of rotatable bonds is 3. The fourth-order valence-electron chi connectivity index (χ4n) is 3.90. The predicted molar refractivity (Wildman–Crippen MR) is 87.8 cm³/mol. The Morgan fingerprint density at radius 1 is 1.14 bits per heavy atom. The fraction of sp³-hybridized carbons (Fsp3) is 0.938. The third-order valence-electron chi connectivity index (χ3n) is 5.39. The summed E-state index contributed by atoms with van der Waals surface area (Å²) in [5.41, 5.74) is 0. The number of carbonyl (C=O) groups excluding carboxylic acids is 1. The highest BCUT2D eigenvalue weighted by Crippen LogP contribution is 2.24. The SMILES string of the molecule is CC1CCCCN1CC1CCCN(C(=O)C2CNC2)C1.Cl. The zero-order valence-electron chi connectivity index (χ0n) is 13.2. The van der Waals surface area contributed by atoms with Crippen LogP contribution in [0.5, 0.6) is 0 Å². The Morgan fingerprint density at radius 3 is 2.62 bits per heavy atom. The zero-order chi connectivity index (χ0) is 13.9. The highest BCUT2D eigenvalue weighted by Gasteiger charge is 2.33. The van der Waals surface area contributed by atoms with Crippen LogP contribution in [0.2, 0.25) is 0 Å². The largest absolute Gasteiger partial charge is 0.342 e. The highest BCUT2D eigenvalue weighted by atomic mass is 35.5. The number of carbonyl (C=O) groups is 1. The molecule has 1 N–H and O–H groups in total. The minimum atomic E-state index is 0. The molecule has 5 heteroatoms. The number of halogens is 1. The number of likely N-dealkylation sites (tertiary alicyclic amines) is 2. The van der Waals surface area contributed by atoms with Gasteiger partial charge in [-0.2, -0.15) is 0 Å². The highest BCUT2D eigenvalue weighted by molar-refractivity contribution is 5.85. The third-order valence-corrected chi connectivity index (χ3v) is 5.39. The van der Waals surface area contributed by atoms with Gasteiger partial charge in [0.05, 0.1) is 5.92 Å². The van der Waals surface area contributed by atoms with Gasteiger partial charge in [0.25, 0.3) is 0 Å². The third kappa shape index (κ3) is 4.11. The number of nitrogens with zero attached hydrogens (tertiary/aromatic N) is 2. The Morgan fingerprint density at radius 2 is 1.95 bits per heavy atom. The van der Waals surface area contributed by atoms with Crippen molar-refractivity contribution in [1.82, 2.24) is 15.1 Å². The van der Waals surface area contributed by atoms with Crippen molar-refractivity contribution in [3.8, 4) is 0 Å². The van der Waals surface area contributed by atoms with E-state index in [0.717, 1.165) is 32.2 Å². The Kier molecular flexibility index (Phi) is 6.33. The van der Waals surface area contributed by atoms with E-state index >= 15 is 0 Å². The number of piperidine rings is 2. The first kappa shape index (κ1) is 17.0. The second-order valence-corrected chi connectivity index (χ2v) is 6.99. The van der Waals surface area contributed by atoms with Gasteiger partial charge in [-0.15, -0.1) is 12.4 Å². The van der Waals surface area contributed by atoms with Crippen molar-refractivity contribution in [1.29, 1.82) is 0 Å². The molecular formula is C16H30ClN3O. The van der Waals surface area contributed by atoms with Crippen LogP contribution in [0, 0.1) is 11.8 Å². The van der Waals surface area contributed by atoms with Crippen molar-refractivity contribution in [2.75, 3.05) is 39.3 Å². The standard InChI is InChI=1S/C16H29N3O.ClH/c1-13-5-2-3-7-18(13)11-14-6-4-8-19(12-14)16(20)15-9-17-10-15;/h13-15,17H,2-12H2,1H3;1H. The number of amides is 1. The van der Waals surface area contributed by atoms with Crippen molar-refractivity contribution in [2.24, 2.45) is 11.8 Å². The number of nitrogens with one attached hydrogen (secondary N) is 1. The van der Waals surface area contributed by atoms with Gasteiger partial charge in [-0.05, 0) is 45.1 Å². The summed E-state index contributed by atoms with van der Waals surface area (Å²) in [5, 5.41) is 3.21. The van der Waals surface area contributed by atoms with Crippen molar-refractivity contribution in [3.63, 3.8) is 0 Å². The van der Waals surface area contributed by atoms with Gasteiger partial charge in [0.2, 0.25) is 5.91 Å². The molecule has 3 aliphatic heterocycles. The normalized spacial score (nSPS) is 31.4. The molecule has 2 unspecified atom stereocenters. The van der Waals surface area contributed by atoms with Gasteiger partial charge in [0, 0.05) is 38.8 Å². The van der Waals surface area contributed by atoms with Gasteiger partial charge in [-0.25, -0.2) is 0 Å². The molecule has 21 heavy (non-hydrogen) atoms. The summed E-state index contributed by atoms with van der Waals surface area (Å²) in [6, 6.07) is 0.741. The molecule has 0 spiro atoms. The first-order valence-corrected chi connectivity index (χ1v) is 8.47. The van der Waals surface area contributed by atoms with Gasteiger partial charge in [-0.3, -0.25) is 4.79 Å². The molecular weight excluding hydrogens is 286 g/mol. The molecule has 0 aliphatic carbocycles. The number of hydrogen-bond acceptors (Lipinski definition) is 3. The van der Waals surface area contributed by atoms with Crippen LogP contribution in [0.15, 0.2) is 0 Å². The molecule has 3 rings (SSSR count). The van der Waals surface area contributed by atoms with Gasteiger partial charge in [0.15, 0.2) is 0 Å². The van der Waals surface area contributed by atoms with Crippen LogP contribution in [0.3, 0.4) is 0 Å². The van der Waals surface area contributed by atoms with Crippen LogP contribution >= 0.6 is 12.4 Å². The summed E-state index contributed by atoms with van der Waals surface area (Å²) in [6.07, 6.45) is 6.59. The van der Waals surface area contributed by atoms with Crippen LogP contribution in [0.1, 0.15) is 39.0 Å². The van der Waals surface area contributed by atoms with Crippen LogP contribution < -0.4 is 5.32 Å². The lowest BCUT2D eigenvalue weighted by Crippen LogP contribution is -2.54. The maximum Gasteiger partial charge on any atom is 0.228 e. The van der Waals surface area contributed by atoms with Crippen molar-refractivity contribution in [2.45, 2.75) is 45.1 Å². The van der Waals surface area contributed by atoms with E-state index in [-0.39, 0.29) is 18.3 Å². The fourth-order valence-corrected chi connectivity index (χ4v) is 3.90. The summed E-state index contributed by atoms with van der Waals surface area (Å²) >= 11 is 0. The Balaban J connectivity index is 0.00000161. The lowest BCUT2D eigenvalue weighted by molar-refractivity contribution is -0.139. The summed E-state index contributed by atoms with van der Waals surface area (Å²) in [7, 11) is 0. The molecule has 0 bridgehead atoms. The molecule has 4 nitrogen and oxygen atoms in total. The molecule has 0 radical (unpaired) electrons. The van der Waals surface area contributed by atoms with Crippen molar-refractivity contribution < 1.29 is 4.79 Å². The second kappa shape index (κ2) is 7.80. The van der Waals surface area contributed by atoms with E-state index in [1.807, 2.05) is 0 Å². The average molecular weight is 316 g/mol. The van der Waals surface area contributed by atoms with Gasteiger partial charge in [-0.1, -0.05) is 6.42 Å². The van der Waals surface area contributed by atoms with Gasteiger partial charge in [0.1, 0.15) is 0 Å². The minimum absolute atomic E-state index is 0. The Bertz CT molecular complexity index is 348. The van der Waals surface area contributed by atoms with Crippen LogP contribution in [0.25, 0.3) is 0 Å². The smallest absolute Gasteiger partial charge is 0.228 e. The molecule has 3 fully saturated rings. The Hall–Kier alpha value is -0.320. The van der Waals surface area contributed by atoms with E-state index in [9.17, 15) is 4.79 Å². The van der Waals surface area contributed by atoms with Gasteiger partial charge >= 0.3 is 0 Å². The van der Waals surface area contributed by atoms with E-state index in [4.69, 9.17) is 0 Å². The van der Waals surface area contributed by atoms with E-state index in [0.29, 0.717) is 11.8 Å². The summed E-state index contributed by atoms with van der Waals surface area (Å²) in [5.74, 6) is 1.36. The molecule has 0 saturated carbocycles. The van der Waals surface area contributed by atoms with E-state index in [2.05, 4.69) is 22.0 Å². The average Bonchev–Trinajstić information content (AvgIpc) is 2.40. The molecule has 122 valence electrons. The lowest BCUT2D eigenvalue weighted by Gasteiger charge is -2.41. The second-order valence-electron chi connectivity index (χ2n) is 6.99. The maximum atomic E-state index is 12.4. The summed E-state index contributed by atoms with van der Waals surface area (Å²) in [4.78, 5) is 17.2. The van der Waals surface area contributed by atoms with Crippen molar-refractivity contribution >= 4 is 18.3 Å². The van der Waals surface area contributed by atoms with E-state index < -0.39 is 0 Å². The van der Waals surface area contributed by atoms with Crippen LogP contribution in [-0.2, 0) is 4.79 Å². The molecule has 1 amide bonds. The molecule has 3 heterocycles. The Labute approximate surface area is 135 Å². The molecule has 3 aliphatic rings. The topological polar surface area (TPSA) is 35.6 Å². The monoisotopic (exact) mass is 315 g/mol. The zero-order valence-corrected chi connectivity index (χ0v) is 14.0. The number of hydrogen-bond donors (Lipinski definition) is 1. The predicted octanol–water partition coefficient (Wildman–Crippen LogP) is 1.74. The van der Waals surface area contributed by atoms with E-state index in [1.165, 1.54) is 45.2 Å². The molecule has 0 aromatic carbocycles. The molecule has 2 atom stereocenters. The van der Waals surface area contributed by atoms with Crippen molar-refractivity contribution in [3.05, 3.63) is 0 Å². The maximum absolute atomic E-state index is 12.4. The summed E-state index contributed by atoms with van der Waals surface area (Å²) < 4.78 is 0. The molecule has 0 aromatic heterocycles. The molecule has 3 saturated heterocycles. The quantitative estimate of drug-likeness (QED) is 0.862.